The third kappa shape index (κ3) is 3.95. The average Bonchev–Trinajstić information content (AvgIpc) is 2.95. The highest BCUT2D eigenvalue weighted by Crippen LogP contribution is 2.26. The van der Waals surface area contributed by atoms with E-state index < -0.39 is 10.2 Å². The molecule has 2 aromatic carbocycles. The summed E-state index contributed by atoms with van der Waals surface area (Å²) in [4.78, 5) is 2.39. The van der Waals surface area contributed by atoms with Crippen LogP contribution in [0.3, 0.4) is 0 Å². The van der Waals surface area contributed by atoms with Crippen LogP contribution in [0.4, 0.5) is 5.69 Å². The van der Waals surface area contributed by atoms with Gasteiger partial charge in [0.2, 0.25) is 0 Å². The van der Waals surface area contributed by atoms with Crippen LogP contribution in [0.1, 0.15) is 16.7 Å². The normalized spacial score (nSPS) is 14.8. The number of anilines is 1. The molecule has 1 aliphatic heterocycles. The summed E-state index contributed by atoms with van der Waals surface area (Å²) in [7, 11) is -0.429. The number of rotatable bonds is 6. The SMILES string of the molecule is CN(C)S(=O)(=O)Nc1ccc2c(c1)CN(CCc1ccccc1)C2. The van der Waals surface area contributed by atoms with Crippen molar-refractivity contribution in [1.29, 1.82) is 0 Å². The molecule has 1 heterocycles. The number of hydrogen-bond acceptors (Lipinski definition) is 3. The van der Waals surface area contributed by atoms with E-state index in [2.05, 4.69) is 33.9 Å². The number of fused-ring (bicyclic) bond motifs is 1. The summed E-state index contributed by atoms with van der Waals surface area (Å²) in [5, 5.41) is 0. The fourth-order valence-corrected chi connectivity index (χ4v) is 3.47. The Labute approximate surface area is 144 Å². The smallest absolute Gasteiger partial charge is 0.294 e. The lowest BCUT2D eigenvalue weighted by molar-refractivity contribution is 0.288. The number of nitrogens with one attached hydrogen (secondary N) is 1. The molecule has 0 radical (unpaired) electrons. The molecule has 0 aliphatic carbocycles. The van der Waals surface area contributed by atoms with Crippen LogP contribution in [0.15, 0.2) is 48.5 Å². The van der Waals surface area contributed by atoms with Crippen molar-refractivity contribution in [2.75, 3.05) is 25.4 Å². The van der Waals surface area contributed by atoms with Gasteiger partial charge in [0, 0.05) is 33.7 Å². The van der Waals surface area contributed by atoms with Crippen LogP contribution in [0.5, 0.6) is 0 Å². The molecule has 1 aliphatic rings. The van der Waals surface area contributed by atoms with Crippen molar-refractivity contribution in [1.82, 2.24) is 9.21 Å². The predicted octanol–water partition coefficient (Wildman–Crippen LogP) is 2.46. The standard InChI is InChI=1S/C18H23N3O2S/c1-20(2)24(22,23)19-18-9-8-16-13-21(14-17(16)12-18)11-10-15-6-4-3-5-7-15/h3-9,12,19H,10-11,13-14H2,1-2H3. The highest BCUT2D eigenvalue weighted by Gasteiger charge is 2.20. The molecule has 3 rings (SSSR count). The average molecular weight is 345 g/mol. The fourth-order valence-electron chi connectivity index (χ4n) is 2.86. The summed E-state index contributed by atoms with van der Waals surface area (Å²) in [5.74, 6) is 0. The van der Waals surface area contributed by atoms with E-state index in [4.69, 9.17) is 0 Å². The summed E-state index contributed by atoms with van der Waals surface area (Å²) in [6.45, 7) is 2.78. The van der Waals surface area contributed by atoms with Crippen LogP contribution >= 0.6 is 0 Å². The predicted molar refractivity (Wildman–Crippen MR) is 96.9 cm³/mol. The molecule has 0 saturated carbocycles. The van der Waals surface area contributed by atoms with Crippen LogP contribution in [-0.4, -0.2) is 38.3 Å². The highest BCUT2D eigenvalue weighted by atomic mass is 32.2. The minimum absolute atomic E-state index is 0.618. The minimum atomic E-state index is -3.46. The van der Waals surface area contributed by atoms with E-state index in [9.17, 15) is 8.42 Å². The minimum Gasteiger partial charge on any atom is -0.294 e. The van der Waals surface area contributed by atoms with Crippen molar-refractivity contribution in [2.45, 2.75) is 19.5 Å². The molecular formula is C18H23N3O2S. The molecule has 5 nitrogen and oxygen atoms in total. The first-order valence-electron chi connectivity index (χ1n) is 8.02. The molecule has 0 atom stereocenters. The van der Waals surface area contributed by atoms with Gasteiger partial charge in [0.05, 0.1) is 5.69 Å². The van der Waals surface area contributed by atoms with Gasteiger partial charge >= 0.3 is 10.2 Å². The maximum atomic E-state index is 11.9. The molecule has 128 valence electrons. The van der Waals surface area contributed by atoms with E-state index >= 15 is 0 Å². The molecule has 0 aromatic heterocycles. The van der Waals surface area contributed by atoms with E-state index in [-0.39, 0.29) is 0 Å². The lowest BCUT2D eigenvalue weighted by Crippen LogP contribution is -2.28. The Hall–Kier alpha value is -1.89. The maximum absolute atomic E-state index is 11.9. The first-order chi connectivity index (χ1) is 11.4. The fraction of sp³-hybridized carbons (Fsp3) is 0.333. The second-order valence-corrected chi connectivity index (χ2v) is 8.20. The van der Waals surface area contributed by atoms with Crippen molar-refractivity contribution < 1.29 is 8.42 Å². The molecule has 0 unspecified atom stereocenters. The van der Waals surface area contributed by atoms with Crippen LogP contribution in [0, 0.1) is 0 Å². The van der Waals surface area contributed by atoms with Crippen molar-refractivity contribution in [3.63, 3.8) is 0 Å². The second-order valence-electron chi connectivity index (χ2n) is 6.32. The van der Waals surface area contributed by atoms with Crippen molar-refractivity contribution in [2.24, 2.45) is 0 Å². The summed E-state index contributed by atoms with van der Waals surface area (Å²) >= 11 is 0. The number of benzene rings is 2. The topological polar surface area (TPSA) is 52.7 Å². The summed E-state index contributed by atoms with van der Waals surface area (Å²) in [6.07, 6.45) is 1.02. The molecule has 0 saturated heterocycles. The van der Waals surface area contributed by atoms with Gasteiger partial charge in [-0.25, -0.2) is 0 Å². The van der Waals surface area contributed by atoms with Gasteiger partial charge in [0.1, 0.15) is 0 Å². The third-order valence-corrected chi connectivity index (χ3v) is 5.74. The van der Waals surface area contributed by atoms with E-state index in [0.717, 1.165) is 26.1 Å². The zero-order valence-corrected chi connectivity index (χ0v) is 14.9. The van der Waals surface area contributed by atoms with Gasteiger partial charge in [0.25, 0.3) is 0 Å². The van der Waals surface area contributed by atoms with E-state index in [1.165, 1.54) is 35.1 Å². The van der Waals surface area contributed by atoms with Gasteiger partial charge in [-0.05, 0) is 35.2 Å². The largest absolute Gasteiger partial charge is 0.301 e. The Morgan fingerprint density at radius 3 is 2.46 bits per heavy atom. The Kier molecular flexibility index (Phi) is 4.89. The lowest BCUT2D eigenvalue weighted by atomic mass is 10.1. The lowest BCUT2D eigenvalue weighted by Gasteiger charge is -2.14. The van der Waals surface area contributed by atoms with Crippen LogP contribution in [0.25, 0.3) is 0 Å². The summed E-state index contributed by atoms with van der Waals surface area (Å²) < 4.78 is 27.6. The van der Waals surface area contributed by atoms with Crippen LogP contribution < -0.4 is 4.72 Å². The van der Waals surface area contributed by atoms with E-state index in [1.807, 2.05) is 24.3 Å². The van der Waals surface area contributed by atoms with E-state index in [1.54, 1.807) is 0 Å². The van der Waals surface area contributed by atoms with Crippen molar-refractivity contribution >= 4 is 15.9 Å². The van der Waals surface area contributed by atoms with Gasteiger partial charge in [-0.2, -0.15) is 12.7 Å². The molecule has 0 fully saturated rings. The van der Waals surface area contributed by atoms with Crippen molar-refractivity contribution in [3.8, 4) is 0 Å². The van der Waals surface area contributed by atoms with Gasteiger partial charge < -0.3 is 0 Å². The molecule has 1 N–H and O–H groups in total. The molecule has 2 aromatic rings. The first-order valence-corrected chi connectivity index (χ1v) is 9.46. The Balaban J connectivity index is 1.63. The van der Waals surface area contributed by atoms with E-state index in [0.29, 0.717) is 5.69 Å². The quantitative estimate of drug-likeness (QED) is 0.875. The number of hydrogen-bond donors (Lipinski definition) is 1. The van der Waals surface area contributed by atoms with Gasteiger partial charge in [0.15, 0.2) is 0 Å². The van der Waals surface area contributed by atoms with Crippen molar-refractivity contribution in [3.05, 3.63) is 65.2 Å². The molecule has 0 amide bonds. The molecule has 0 bridgehead atoms. The van der Waals surface area contributed by atoms with Gasteiger partial charge in [-0.3, -0.25) is 9.62 Å². The van der Waals surface area contributed by atoms with Crippen LogP contribution in [-0.2, 0) is 29.7 Å². The summed E-state index contributed by atoms with van der Waals surface area (Å²) in [6, 6.07) is 16.3. The Morgan fingerprint density at radius 1 is 1.04 bits per heavy atom. The molecule has 24 heavy (non-hydrogen) atoms. The maximum Gasteiger partial charge on any atom is 0.301 e. The highest BCUT2D eigenvalue weighted by molar-refractivity contribution is 7.90. The summed E-state index contributed by atoms with van der Waals surface area (Å²) in [5.41, 5.74) is 4.43. The van der Waals surface area contributed by atoms with Gasteiger partial charge in [-0.1, -0.05) is 36.4 Å². The third-order valence-electron chi connectivity index (χ3n) is 4.28. The number of nitrogens with zero attached hydrogens (tertiary/aromatic N) is 2. The molecular weight excluding hydrogens is 322 g/mol. The van der Waals surface area contributed by atoms with Crippen LogP contribution in [0.2, 0.25) is 0 Å². The monoisotopic (exact) mass is 345 g/mol. The second kappa shape index (κ2) is 6.93. The van der Waals surface area contributed by atoms with Gasteiger partial charge in [-0.15, -0.1) is 0 Å². The molecule has 6 heteroatoms. The zero-order valence-electron chi connectivity index (χ0n) is 14.1. The first kappa shape index (κ1) is 17.0. The molecule has 0 spiro atoms. The Bertz CT molecular complexity index is 804. The zero-order chi connectivity index (χ0) is 17.2. The Morgan fingerprint density at radius 2 is 1.75 bits per heavy atom.